The molecule has 20 heavy (non-hydrogen) atoms. The first-order valence-corrected chi connectivity index (χ1v) is 7.53. The lowest BCUT2D eigenvalue weighted by atomic mass is 9.82. The van der Waals surface area contributed by atoms with Crippen LogP contribution in [0.15, 0.2) is 29.3 Å². The second-order valence-corrected chi connectivity index (χ2v) is 6.56. The average molecular weight is 272 g/mol. The van der Waals surface area contributed by atoms with Gasteiger partial charge in [0, 0.05) is 24.2 Å². The Hall–Kier alpha value is -1.19. The molecule has 0 aromatic heterocycles. The summed E-state index contributed by atoms with van der Waals surface area (Å²) in [5.41, 5.74) is 3.98. The van der Waals surface area contributed by atoms with Gasteiger partial charge in [-0.1, -0.05) is 43.7 Å². The molecule has 2 aliphatic heterocycles. The zero-order valence-electron chi connectivity index (χ0n) is 12.7. The first kappa shape index (κ1) is 13.8. The third-order valence-electron chi connectivity index (χ3n) is 4.40. The van der Waals surface area contributed by atoms with Crippen molar-refractivity contribution in [3.05, 3.63) is 35.4 Å². The predicted octanol–water partition coefficient (Wildman–Crippen LogP) is 2.87. The maximum atomic E-state index is 5.45. The summed E-state index contributed by atoms with van der Waals surface area (Å²) in [5, 5.41) is 0. The summed E-state index contributed by atoms with van der Waals surface area (Å²) < 4.78 is 5.45. The average Bonchev–Trinajstić information content (AvgIpc) is 2.77. The van der Waals surface area contributed by atoms with Gasteiger partial charge in [0.15, 0.2) is 0 Å². The van der Waals surface area contributed by atoms with Crippen LogP contribution in [-0.2, 0) is 4.74 Å². The maximum absolute atomic E-state index is 5.45. The quantitative estimate of drug-likeness (QED) is 0.827. The third kappa shape index (κ3) is 2.65. The second kappa shape index (κ2) is 5.30. The topological polar surface area (TPSA) is 24.8 Å². The first-order valence-electron chi connectivity index (χ1n) is 7.53. The minimum absolute atomic E-state index is 0.151. The molecular weight excluding hydrogens is 248 g/mol. The number of benzene rings is 1. The van der Waals surface area contributed by atoms with Crippen LogP contribution in [0.4, 0.5) is 0 Å². The van der Waals surface area contributed by atoms with Crippen molar-refractivity contribution in [2.75, 3.05) is 26.3 Å². The molecule has 3 heteroatoms. The summed E-state index contributed by atoms with van der Waals surface area (Å²) in [6.07, 6.45) is 1.43. The summed E-state index contributed by atoms with van der Waals surface area (Å²) in [4.78, 5) is 7.52. The number of nitrogens with zero attached hydrogens (tertiary/aromatic N) is 2. The smallest absolute Gasteiger partial charge is 0.103 e. The van der Waals surface area contributed by atoms with Gasteiger partial charge in [-0.3, -0.25) is 9.89 Å². The van der Waals surface area contributed by atoms with Crippen LogP contribution in [0, 0.1) is 12.3 Å². The van der Waals surface area contributed by atoms with Gasteiger partial charge in [0.25, 0.3) is 0 Å². The van der Waals surface area contributed by atoms with Gasteiger partial charge in [0.1, 0.15) is 6.17 Å². The molecule has 0 aliphatic carbocycles. The number of aryl methyl sites for hydroxylation is 1. The van der Waals surface area contributed by atoms with E-state index in [0.29, 0.717) is 6.17 Å². The lowest BCUT2D eigenvalue weighted by Gasteiger charge is -2.31. The van der Waals surface area contributed by atoms with E-state index in [1.165, 1.54) is 16.8 Å². The SMILES string of the molecule is Cc1ccc(C2=NC(N3CCOCC3)CC2(C)C)cc1. The molecule has 3 rings (SSSR count). The Kier molecular flexibility index (Phi) is 3.65. The molecule has 0 radical (unpaired) electrons. The van der Waals surface area contributed by atoms with E-state index in [9.17, 15) is 0 Å². The van der Waals surface area contributed by atoms with Crippen molar-refractivity contribution in [1.82, 2.24) is 4.90 Å². The van der Waals surface area contributed by atoms with Crippen LogP contribution in [0.1, 0.15) is 31.4 Å². The third-order valence-corrected chi connectivity index (χ3v) is 4.40. The van der Waals surface area contributed by atoms with E-state index in [1.54, 1.807) is 0 Å². The zero-order valence-corrected chi connectivity index (χ0v) is 12.7. The second-order valence-electron chi connectivity index (χ2n) is 6.56. The Bertz CT molecular complexity index is 498. The molecule has 0 amide bonds. The van der Waals surface area contributed by atoms with E-state index in [0.717, 1.165) is 32.7 Å². The van der Waals surface area contributed by atoms with E-state index in [4.69, 9.17) is 9.73 Å². The van der Waals surface area contributed by atoms with Gasteiger partial charge < -0.3 is 4.74 Å². The molecule has 0 N–H and O–H groups in total. The van der Waals surface area contributed by atoms with Gasteiger partial charge in [-0.15, -0.1) is 0 Å². The Balaban J connectivity index is 1.85. The van der Waals surface area contributed by atoms with Gasteiger partial charge in [-0.25, -0.2) is 0 Å². The number of hydrogen-bond donors (Lipinski definition) is 0. The van der Waals surface area contributed by atoms with E-state index in [-0.39, 0.29) is 5.41 Å². The number of aliphatic imine (C=N–C) groups is 1. The van der Waals surface area contributed by atoms with Crippen LogP contribution in [0.25, 0.3) is 0 Å². The van der Waals surface area contributed by atoms with Crippen LogP contribution < -0.4 is 0 Å². The Labute approximate surface area is 121 Å². The molecule has 2 heterocycles. The number of morpholine rings is 1. The molecule has 0 spiro atoms. The highest BCUT2D eigenvalue weighted by atomic mass is 16.5. The Morgan fingerprint density at radius 2 is 1.80 bits per heavy atom. The standard InChI is InChI=1S/C17H24N2O/c1-13-4-6-14(7-5-13)16-17(2,3)12-15(18-16)19-8-10-20-11-9-19/h4-7,15H,8-12H2,1-3H3. The van der Waals surface area contributed by atoms with E-state index in [1.807, 2.05) is 0 Å². The van der Waals surface area contributed by atoms with Crippen molar-refractivity contribution in [3.8, 4) is 0 Å². The maximum Gasteiger partial charge on any atom is 0.103 e. The van der Waals surface area contributed by atoms with Crippen molar-refractivity contribution in [1.29, 1.82) is 0 Å². The summed E-state index contributed by atoms with van der Waals surface area (Å²) >= 11 is 0. The molecule has 1 aromatic rings. The minimum Gasteiger partial charge on any atom is -0.379 e. The molecule has 1 saturated heterocycles. The molecule has 108 valence electrons. The molecule has 2 aliphatic rings. The van der Waals surface area contributed by atoms with Crippen LogP contribution in [0.3, 0.4) is 0 Å². The fourth-order valence-corrected chi connectivity index (χ4v) is 3.19. The highest BCUT2D eigenvalue weighted by Crippen LogP contribution is 2.37. The summed E-state index contributed by atoms with van der Waals surface area (Å²) in [6, 6.07) is 8.77. The lowest BCUT2D eigenvalue weighted by Crippen LogP contribution is -2.42. The molecule has 3 nitrogen and oxygen atoms in total. The van der Waals surface area contributed by atoms with Gasteiger partial charge >= 0.3 is 0 Å². The number of ether oxygens (including phenoxy) is 1. The molecular formula is C17H24N2O. The van der Waals surface area contributed by atoms with Gasteiger partial charge in [0.2, 0.25) is 0 Å². The fourth-order valence-electron chi connectivity index (χ4n) is 3.19. The molecule has 1 aromatic carbocycles. The minimum atomic E-state index is 0.151. The summed E-state index contributed by atoms with van der Waals surface area (Å²) in [7, 11) is 0. The Morgan fingerprint density at radius 1 is 1.15 bits per heavy atom. The molecule has 1 unspecified atom stereocenters. The van der Waals surface area contributed by atoms with Crippen molar-refractivity contribution < 1.29 is 4.74 Å². The van der Waals surface area contributed by atoms with E-state index >= 15 is 0 Å². The van der Waals surface area contributed by atoms with Crippen molar-refractivity contribution in [2.24, 2.45) is 10.4 Å². The van der Waals surface area contributed by atoms with Crippen molar-refractivity contribution in [2.45, 2.75) is 33.4 Å². The van der Waals surface area contributed by atoms with E-state index < -0.39 is 0 Å². The van der Waals surface area contributed by atoms with Crippen LogP contribution >= 0.6 is 0 Å². The van der Waals surface area contributed by atoms with Gasteiger partial charge in [-0.2, -0.15) is 0 Å². The van der Waals surface area contributed by atoms with Gasteiger partial charge in [0.05, 0.1) is 13.2 Å². The fraction of sp³-hybridized carbons (Fsp3) is 0.588. The van der Waals surface area contributed by atoms with Gasteiger partial charge in [-0.05, 0) is 18.9 Å². The number of rotatable bonds is 2. The van der Waals surface area contributed by atoms with Crippen LogP contribution in [0.5, 0.6) is 0 Å². The summed E-state index contributed by atoms with van der Waals surface area (Å²) in [6.45, 7) is 10.4. The van der Waals surface area contributed by atoms with Crippen molar-refractivity contribution in [3.63, 3.8) is 0 Å². The number of hydrogen-bond acceptors (Lipinski definition) is 3. The first-order chi connectivity index (χ1) is 9.56. The zero-order chi connectivity index (χ0) is 14.2. The highest BCUT2D eigenvalue weighted by Gasteiger charge is 2.38. The molecule has 0 saturated carbocycles. The van der Waals surface area contributed by atoms with Crippen molar-refractivity contribution >= 4 is 5.71 Å². The Morgan fingerprint density at radius 3 is 2.45 bits per heavy atom. The monoisotopic (exact) mass is 272 g/mol. The predicted molar refractivity (Wildman–Crippen MR) is 82.3 cm³/mol. The highest BCUT2D eigenvalue weighted by molar-refractivity contribution is 6.05. The molecule has 0 bridgehead atoms. The van der Waals surface area contributed by atoms with Crippen LogP contribution in [-0.4, -0.2) is 43.1 Å². The molecule has 1 fully saturated rings. The lowest BCUT2D eigenvalue weighted by molar-refractivity contribution is 0.0155. The van der Waals surface area contributed by atoms with Crippen LogP contribution in [0.2, 0.25) is 0 Å². The normalized spacial score (nSPS) is 26.6. The summed E-state index contributed by atoms with van der Waals surface area (Å²) in [5.74, 6) is 0. The largest absolute Gasteiger partial charge is 0.379 e. The molecule has 1 atom stereocenters. The van der Waals surface area contributed by atoms with E-state index in [2.05, 4.69) is 49.9 Å².